The lowest BCUT2D eigenvalue weighted by atomic mass is 9.98. The van der Waals surface area contributed by atoms with Gasteiger partial charge in [0.05, 0.1) is 12.7 Å². The van der Waals surface area contributed by atoms with E-state index >= 15 is 0 Å². The molecule has 2 aliphatic rings. The molecule has 2 aliphatic carbocycles. The first-order valence-electron chi connectivity index (χ1n) is 7.70. The molecule has 1 N–H and O–H groups in total. The minimum atomic E-state index is -0.588. The first kappa shape index (κ1) is 14.8. The second kappa shape index (κ2) is 6.71. The van der Waals surface area contributed by atoms with Gasteiger partial charge in [0.15, 0.2) is 0 Å². The van der Waals surface area contributed by atoms with Crippen LogP contribution in [0.2, 0.25) is 0 Å². The standard InChI is InChI=1S/C15H27NO3/c1-3-18-14(17)15(2,16-12-8-9-12)10-11-19-13-6-4-5-7-13/h12-13,16H,3-11H2,1-2H3. The van der Waals surface area contributed by atoms with Crippen LogP contribution in [0.3, 0.4) is 0 Å². The van der Waals surface area contributed by atoms with Crippen LogP contribution in [0.4, 0.5) is 0 Å². The Morgan fingerprint density at radius 2 is 1.95 bits per heavy atom. The Bertz CT molecular complexity index is 298. The van der Waals surface area contributed by atoms with Crippen molar-refractivity contribution in [2.75, 3.05) is 13.2 Å². The van der Waals surface area contributed by atoms with Crippen LogP contribution in [-0.4, -0.2) is 36.9 Å². The van der Waals surface area contributed by atoms with Gasteiger partial charge in [-0.2, -0.15) is 0 Å². The Morgan fingerprint density at radius 1 is 1.26 bits per heavy atom. The molecule has 0 aromatic carbocycles. The molecular weight excluding hydrogens is 242 g/mol. The van der Waals surface area contributed by atoms with Gasteiger partial charge in [0.1, 0.15) is 5.54 Å². The average Bonchev–Trinajstić information content (AvgIpc) is 3.03. The summed E-state index contributed by atoms with van der Waals surface area (Å²) < 4.78 is 11.1. The fourth-order valence-corrected chi connectivity index (χ4v) is 2.69. The summed E-state index contributed by atoms with van der Waals surface area (Å²) in [6, 6.07) is 0.487. The molecule has 0 spiro atoms. The van der Waals surface area contributed by atoms with Crippen molar-refractivity contribution >= 4 is 5.97 Å². The van der Waals surface area contributed by atoms with E-state index < -0.39 is 5.54 Å². The number of rotatable bonds is 8. The lowest BCUT2D eigenvalue weighted by Crippen LogP contribution is -2.52. The molecule has 110 valence electrons. The van der Waals surface area contributed by atoms with Crippen LogP contribution < -0.4 is 5.32 Å². The van der Waals surface area contributed by atoms with Crippen molar-refractivity contribution in [2.24, 2.45) is 0 Å². The van der Waals surface area contributed by atoms with Crippen molar-refractivity contribution in [2.45, 2.75) is 76.5 Å². The number of nitrogens with one attached hydrogen (secondary N) is 1. The Labute approximate surface area is 116 Å². The Kier molecular flexibility index (Phi) is 5.22. The van der Waals surface area contributed by atoms with Crippen molar-refractivity contribution < 1.29 is 14.3 Å². The summed E-state index contributed by atoms with van der Waals surface area (Å²) >= 11 is 0. The molecule has 0 bridgehead atoms. The van der Waals surface area contributed by atoms with Gasteiger partial charge in [-0.15, -0.1) is 0 Å². The van der Waals surface area contributed by atoms with Gasteiger partial charge in [-0.05, 0) is 46.0 Å². The predicted octanol–water partition coefficient (Wildman–Crippen LogP) is 2.41. The van der Waals surface area contributed by atoms with Gasteiger partial charge in [0.2, 0.25) is 0 Å². The van der Waals surface area contributed by atoms with Gasteiger partial charge in [-0.25, -0.2) is 0 Å². The third-order valence-electron chi connectivity index (χ3n) is 4.08. The number of ether oxygens (including phenoxy) is 2. The molecule has 0 saturated heterocycles. The molecule has 4 nitrogen and oxygen atoms in total. The van der Waals surface area contributed by atoms with Crippen molar-refractivity contribution in [3.8, 4) is 0 Å². The molecule has 0 aromatic rings. The minimum Gasteiger partial charge on any atom is -0.465 e. The summed E-state index contributed by atoms with van der Waals surface area (Å²) in [6.45, 7) is 4.87. The molecule has 0 aliphatic heterocycles. The van der Waals surface area contributed by atoms with Crippen LogP contribution in [0.5, 0.6) is 0 Å². The molecule has 0 radical (unpaired) electrons. The molecule has 1 atom stereocenters. The highest BCUT2D eigenvalue weighted by molar-refractivity contribution is 5.80. The maximum Gasteiger partial charge on any atom is 0.326 e. The predicted molar refractivity (Wildman–Crippen MR) is 74.0 cm³/mol. The SMILES string of the molecule is CCOC(=O)C(C)(CCOC1CCCC1)NC1CC1. The smallest absolute Gasteiger partial charge is 0.326 e. The van der Waals surface area contributed by atoms with E-state index in [1.54, 1.807) is 0 Å². The van der Waals surface area contributed by atoms with Gasteiger partial charge in [0, 0.05) is 12.6 Å². The third kappa shape index (κ3) is 4.46. The van der Waals surface area contributed by atoms with Crippen LogP contribution >= 0.6 is 0 Å². The molecule has 2 saturated carbocycles. The topological polar surface area (TPSA) is 47.6 Å². The molecule has 0 aromatic heterocycles. The molecule has 2 fully saturated rings. The van der Waals surface area contributed by atoms with E-state index in [9.17, 15) is 4.79 Å². The fraction of sp³-hybridized carbons (Fsp3) is 0.933. The maximum absolute atomic E-state index is 12.1. The molecular formula is C15H27NO3. The highest BCUT2D eigenvalue weighted by Crippen LogP contribution is 2.26. The van der Waals surface area contributed by atoms with Gasteiger partial charge >= 0.3 is 5.97 Å². The molecule has 1 unspecified atom stereocenters. The maximum atomic E-state index is 12.1. The van der Waals surface area contributed by atoms with Crippen molar-refractivity contribution in [1.82, 2.24) is 5.32 Å². The fourth-order valence-electron chi connectivity index (χ4n) is 2.69. The largest absolute Gasteiger partial charge is 0.465 e. The van der Waals surface area contributed by atoms with Gasteiger partial charge in [-0.3, -0.25) is 10.1 Å². The molecule has 0 amide bonds. The summed E-state index contributed by atoms with van der Waals surface area (Å²) in [7, 11) is 0. The Hall–Kier alpha value is -0.610. The van der Waals surface area contributed by atoms with Crippen LogP contribution in [0.25, 0.3) is 0 Å². The summed E-state index contributed by atoms with van der Waals surface area (Å²) in [5.74, 6) is -0.142. The van der Waals surface area contributed by atoms with Crippen LogP contribution in [0.15, 0.2) is 0 Å². The van der Waals surface area contributed by atoms with Crippen LogP contribution in [0.1, 0.15) is 58.8 Å². The molecule has 2 rings (SSSR count). The van der Waals surface area contributed by atoms with Crippen molar-refractivity contribution in [3.63, 3.8) is 0 Å². The van der Waals surface area contributed by atoms with E-state index in [4.69, 9.17) is 9.47 Å². The minimum absolute atomic E-state index is 0.142. The van der Waals surface area contributed by atoms with E-state index in [2.05, 4.69) is 5.32 Å². The Morgan fingerprint density at radius 3 is 2.53 bits per heavy atom. The van der Waals surface area contributed by atoms with Gasteiger partial charge in [0.25, 0.3) is 0 Å². The monoisotopic (exact) mass is 269 g/mol. The second-order valence-corrected chi connectivity index (χ2v) is 6.00. The van der Waals surface area contributed by atoms with Crippen LogP contribution in [0, 0.1) is 0 Å². The Balaban J connectivity index is 1.79. The lowest BCUT2D eigenvalue weighted by molar-refractivity contribution is -0.151. The van der Waals surface area contributed by atoms with E-state index in [-0.39, 0.29) is 5.97 Å². The van der Waals surface area contributed by atoms with Gasteiger partial charge < -0.3 is 9.47 Å². The lowest BCUT2D eigenvalue weighted by Gasteiger charge is -2.29. The first-order chi connectivity index (χ1) is 9.14. The van der Waals surface area contributed by atoms with E-state index in [0.717, 1.165) is 0 Å². The van der Waals surface area contributed by atoms with E-state index in [0.29, 0.717) is 31.8 Å². The van der Waals surface area contributed by atoms with Gasteiger partial charge in [-0.1, -0.05) is 12.8 Å². The third-order valence-corrected chi connectivity index (χ3v) is 4.08. The van der Waals surface area contributed by atoms with E-state index in [1.807, 2.05) is 13.8 Å². The van der Waals surface area contributed by atoms with E-state index in [1.165, 1.54) is 38.5 Å². The first-order valence-corrected chi connectivity index (χ1v) is 7.70. The second-order valence-electron chi connectivity index (χ2n) is 6.00. The highest BCUT2D eigenvalue weighted by Gasteiger charge is 2.39. The number of esters is 1. The average molecular weight is 269 g/mol. The normalized spacial score (nSPS) is 23.3. The summed E-state index contributed by atoms with van der Waals surface area (Å²) in [4.78, 5) is 12.1. The molecule has 0 heterocycles. The number of hydrogen-bond donors (Lipinski definition) is 1. The number of carbonyl (C=O) groups is 1. The van der Waals surface area contributed by atoms with Crippen LogP contribution in [-0.2, 0) is 14.3 Å². The van der Waals surface area contributed by atoms with Crippen molar-refractivity contribution in [1.29, 1.82) is 0 Å². The summed E-state index contributed by atoms with van der Waals surface area (Å²) in [5, 5.41) is 3.42. The summed E-state index contributed by atoms with van der Waals surface area (Å²) in [5.41, 5.74) is -0.588. The summed E-state index contributed by atoms with van der Waals surface area (Å²) in [6.07, 6.45) is 8.33. The number of carbonyl (C=O) groups excluding carboxylic acids is 1. The quantitative estimate of drug-likeness (QED) is 0.687. The molecule has 19 heavy (non-hydrogen) atoms. The highest BCUT2D eigenvalue weighted by atomic mass is 16.5. The zero-order valence-electron chi connectivity index (χ0n) is 12.2. The molecule has 4 heteroatoms. The zero-order chi connectivity index (χ0) is 13.7. The zero-order valence-corrected chi connectivity index (χ0v) is 12.2. The van der Waals surface area contributed by atoms with Crippen molar-refractivity contribution in [3.05, 3.63) is 0 Å². The number of hydrogen-bond acceptors (Lipinski definition) is 4.